The van der Waals surface area contributed by atoms with Crippen molar-refractivity contribution in [1.29, 1.82) is 0 Å². The van der Waals surface area contributed by atoms with Gasteiger partial charge in [-0.25, -0.2) is 8.42 Å². The zero-order valence-electron chi connectivity index (χ0n) is 14.6. The molecule has 7 nitrogen and oxygen atoms in total. The molecule has 0 bridgehead atoms. The SMILES string of the molecule is CN(C(=O)C1CC(=O)N(Cc2ccco2)C1)c1ccc(S(C)(=O)=O)cc1. The van der Waals surface area contributed by atoms with Crippen molar-refractivity contribution >= 4 is 27.3 Å². The van der Waals surface area contributed by atoms with Crippen LogP contribution in [0.25, 0.3) is 0 Å². The summed E-state index contributed by atoms with van der Waals surface area (Å²) in [6, 6.07) is 9.66. The van der Waals surface area contributed by atoms with E-state index in [1.807, 2.05) is 0 Å². The van der Waals surface area contributed by atoms with Gasteiger partial charge in [-0.2, -0.15) is 0 Å². The number of nitrogens with zero attached hydrogens (tertiary/aromatic N) is 2. The van der Waals surface area contributed by atoms with Gasteiger partial charge in [0.15, 0.2) is 9.84 Å². The second kappa shape index (κ2) is 6.95. The first-order valence-corrected chi connectivity index (χ1v) is 10.0. The van der Waals surface area contributed by atoms with Crippen LogP contribution in [0.5, 0.6) is 0 Å². The molecule has 2 aromatic rings. The van der Waals surface area contributed by atoms with E-state index in [9.17, 15) is 18.0 Å². The van der Waals surface area contributed by atoms with Crippen molar-refractivity contribution in [3.63, 3.8) is 0 Å². The molecule has 1 saturated heterocycles. The smallest absolute Gasteiger partial charge is 0.232 e. The average molecular weight is 376 g/mol. The summed E-state index contributed by atoms with van der Waals surface area (Å²) in [4.78, 5) is 28.2. The Kier molecular flexibility index (Phi) is 4.86. The van der Waals surface area contributed by atoms with Crippen molar-refractivity contribution in [2.75, 3.05) is 24.7 Å². The molecule has 2 heterocycles. The average Bonchev–Trinajstić information content (AvgIpc) is 3.23. The van der Waals surface area contributed by atoms with Gasteiger partial charge in [-0.15, -0.1) is 0 Å². The van der Waals surface area contributed by atoms with E-state index >= 15 is 0 Å². The molecule has 1 fully saturated rings. The van der Waals surface area contributed by atoms with Crippen LogP contribution in [-0.2, 0) is 26.0 Å². The quantitative estimate of drug-likeness (QED) is 0.792. The number of amides is 2. The molecule has 0 N–H and O–H groups in total. The van der Waals surface area contributed by atoms with Crippen LogP contribution in [0, 0.1) is 5.92 Å². The van der Waals surface area contributed by atoms with Gasteiger partial charge in [0, 0.05) is 32.0 Å². The second-order valence-corrected chi connectivity index (χ2v) is 8.43. The molecule has 0 aliphatic carbocycles. The number of sulfone groups is 1. The number of hydrogen-bond donors (Lipinski definition) is 0. The Morgan fingerprint density at radius 3 is 2.54 bits per heavy atom. The normalized spacial score (nSPS) is 17.5. The Morgan fingerprint density at radius 1 is 1.27 bits per heavy atom. The van der Waals surface area contributed by atoms with E-state index in [0.29, 0.717) is 24.5 Å². The highest BCUT2D eigenvalue weighted by atomic mass is 32.2. The van der Waals surface area contributed by atoms with Gasteiger partial charge in [0.1, 0.15) is 5.76 Å². The topological polar surface area (TPSA) is 87.9 Å². The highest BCUT2D eigenvalue weighted by Crippen LogP contribution is 2.25. The van der Waals surface area contributed by atoms with Crippen molar-refractivity contribution in [3.8, 4) is 0 Å². The lowest BCUT2D eigenvalue weighted by molar-refractivity contribution is -0.129. The van der Waals surface area contributed by atoms with E-state index in [-0.39, 0.29) is 23.1 Å². The van der Waals surface area contributed by atoms with Gasteiger partial charge in [0.25, 0.3) is 0 Å². The van der Waals surface area contributed by atoms with Gasteiger partial charge >= 0.3 is 0 Å². The first kappa shape index (κ1) is 18.2. The van der Waals surface area contributed by atoms with Gasteiger partial charge < -0.3 is 14.2 Å². The third-order valence-electron chi connectivity index (χ3n) is 4.47. The number of carbonyl (C=O) groups is 2. The van der Waals surface area contributed by atoms with Crippen LogP contribution in [0.4, 0.5) is 5.69 Å². The van der Waals surface area contributed by atoms with Gasteiger partial charge in [0.05, 0.1) is 23.6 Å². The highest BCUT2D eigenvalue weighted by molar-refractivity contribution is 7.90. The molecule has 1 aromatic carbocycles. The predicted molar refractivity (Wildman–Crippen MR) is 95.2 cm³/mol. The van der Waals surface area contributed by atoms with Gasteiger partial charge in [-0.05, 0) is 36.4 Å². The van der Waals surface area contributed by atoms with Crippen LogP contribution in [0.1, 0.15) is 12.2 Å². The maximum absolute atomic E-state index is 12.7. The van der Waals surface area contributed by atoms with E-state index in [0.717, 1.165) is 6.26 Å². The second-order valence-electron chi connectivity index (χ2n) is 6.42. The largest absolute Gasteiger partial charge is 0.467 e. The Balaban J connectivity index is 1.68. The summed E-state index contributed by atoms with van der Waals surface area (Å²) in [5, 5.41) is 0. The van der Waals surface area contributed by atoms with E-state index in [1.165, 1.54) is 17.0 Å². The molecular weight excluding hydrogens is 356 g/mol. The predicted octanol–water partition coefficient (Wildman–Crippen LogP) is 1.69. The number of hydrogen-bond acceptors (Lipinski definition) is 5. The van der Waals surface area contributed by atoms with Gasteiger partial charge in [-0.1, -0.05) is 0 Å². The van der Waals surface area contributed by atoms with Crippen LogP contribution in [-0.4, -0.2) is 45.0 Å². The summed E-state index contributed by atoms with van der Waals surface area (Å²) in [6.45, 7) is 0.687. The van der Waals surface area contributed by atoms with Gasteiger partial charge in [-0.3, -0.25) is 9.59 Å². The molecule has 2 amide bonds. The fourth-order valence-electron chi connectivity index (χ4n) is 3.00. The summed E-state index contributed by atoms with van der Waals surface area (Å²) < 4.78 is 28.3. The molecule has 138 valence electrons. The zero-order chi connectivity index (χ0) is 18.9. The van der Waals surface area contributed by atoms with Crippen molar-refractivity contribution in [2.24, 2.45) is 5.92 Å². The Bertz CT molecular complexity index is 904. The Labute approximate surface area is 152 Å². The van der Waals surface area contributed by atoms with Gasteiger partial charge in [0.2, 0.25) is 11.8 Å². The standard InChI is InChI=1S/C18H20N2O5S/c1-19(14-5-7-16(8-6-14)26(2,23)24)18(22)13-10-17(21)20(11-13)12-15-4-3-9-25-15/h3-9,13H,10-12H2,1-2H3. The first-order valence-electron chi connectivity index (χ1n) is 8.13. The van der Waals surface area contributed by atoms with Crippen LogP contribution in [0.15, 0.2) is 52.0 Å². The molecule has 1 aliphatic heterocycles. The van der Waals surface area contributed by atoms with Crippen molar-refractivity contribution in [2.45, 2.75) is 17.9 Å². The minimum absolute atomic E-state index is 0.0828. The summed E-state index contributed by atoms with van der Waals surface area (Å²) in [5.74, 6) is -0.0128. The molecule has 1 aromatic heterocycles. The molecule has 26 heavy (non-hydrogen) atoms. The fourth-order valence-corrected chi connectivity index (χ4v) is 3.63. The summed E-state index contributed by atoms with van der Waals surface area (Å²) >= 11 is 0. The lowest BCUT2D eigenvalue weighted by Crippen LogP contribution is -2.34. The molecular formula is C18H20N2O5S. The molecule has 0 spiro atoms. The van der Waals surface area contributed by atoms with Crippen LogP contribution in [0.2, 0.25) is 0 Å². The van der Waals surface area contributed by atoms with Crippen LogP contribution < -0.4 is 4.90 Å². The maximum atomic E-state index is 12.7. The highest BCUT2D eigenvalue weighted by Gasteiger charge is 2.36. The van der Waals surface area contributed by atoms with E-state index in [1.54, 1.807) is 42.5 Å². The van der Waals surface area contributed by atoms with E-state index in [4.69, 9.17) is 4.42 Å². The molecule has 3 rings (SSSR count). The molecule has 1 unspecified atom stereocenters. The number of carbonyl (C=O) groups excluding carboxylic acids is 2. The minimum Gasteiger partial charge on any atom is -0.467 e. The van der Waals surface area contributed by atoms with Crippen molar-refractivity contribution in [3.05, 3.63) is 48.4 Å². The number of anilines is 1. The lowest BCUT2D eigenvalue weighted by Gasteiger charge is -2.21. The molecule has 0 radical (unpaired) electrons. The molecule has 1 aliphatic rings. The van der Waals surface area contributed by atoms with Crippen molar-refractivity contribution in [1.82, 2.24) is 4.90 Å². The maximum Gasteiger partial charge on any atom is 0.232 e. The number of benzene rings is 1. The third kappa shape index (κ3) is 3.80. The Morgan fingerprint density at radius 2 is 1.96 bits per heavy atom. The molecule has 0 saturated carbocycles. The first-order chi connectivity index (χ1) is 12.3. The lowest BCUT2D eigenvalue weighted by atomic mass is 10.1. The zero-order valence-corrected chi connectivity index (χ0v) is 15.4. The third-order valence-corrected chi connectivity index (χ3v) is 5.60. The molecule has 8 heteroatoms. The minimum atomic E-state index is -3.28. The summed E-state index contributed by atoms with van der Waals surface area (Å²) in [6.07, 6.45) is 2.84. The fraction of sp³-hybridized carbons (Fsp3) is 0.333. The van der Waals surface area contributed by atoms with E-state index < -0.39 is 15.8 Å². The van der Waals surface area contributed by atoms with Crippen molar-refractivity contribution < 1.29 is 22.4 Å². The molecule has 1 atom stereocenters. The summed E-state index contributed by atoms with van der Waals surface area (Å²) in [7, 11) is -1.66. The van der Waals surface area contributed by atoms with E-state index in [2.05, 4.69) is 0 Å². The summed E-state index contributed by atoms with van der Waals surface area (Å²) in [5.41, 5.74) is 0.583. The monoisotopic (exact) mass is 376 g/mol. The number of furan rings is 1. The Hall–Kier alpha value is -2.61. The van der Waals surface area contributed by atoms with Crippen LogP contribution >= 0.6 is 0 Å². The number of rotatable bonds is 5. The number of likely N-dealkylation sites (tertiary alicyclic amines) is 1. The van der Waals surface area contributed by atoms with Crippen LogP contribution in [0.3, 0.4) is 0 Å².